The van der Waals surface area contributed by atoms with Crippen molar-refractivity contribution in [1.82, 2.24) is 5.32 Å². The van der Waals surface area contributed by atoms with Gasteiger partial charge >= 0.3 is 5.97 Å². The number of benzene rings is 1. The Kier molecular flexibility index (Phi) is 4.44. The van der Waals surface area contributed by atoms with Crippen molar-refractivity contribution in [1.29, 1.82) is 0 Å². The van der Waals surface area contributed by atoms with Crippen LogP contribution < -0.4 is 10.1 Å². The quantitative estimate of drug-likeness (QED) is 0.847. The van der Waals surface area contributed by atoms with Crippen LogP contribution in [0.3, 0.4) is 0 Å². The van der Waals surface area contributed by atoms with Gasteiger partial charge in [-0.25, -0.2) is 0 Å². The number of carboxylic acids is 1. The van der Waals surface area contributed by atoms with Gasteiger partial charge in [0.1, 0.15) is 5.75 Å². The molecule has 1 aromatic rings. The average molecular weight is 305 g/mol. The lowest BCUT2D eigenvalue weighted by molar-refractivity contribution is -0.140. The third-order valence-electron chi connectivity index (χ3n) is 4.40. The number of carbonyl (C=O) groups excluding carboxylic acids is 1. The summed E-state index contributed by atoms with van der Waals surface area (Å²) < 4.78 is 5.45. The van der Waals surface area contributed by atoms with E-state index in [0.29, 0.717) is 6.61 Å². The summed E-state index contributed by atoms with van der Waals surface area (Å²) in [6, 6.07) is 7.36. The second-order valence-corrected chi connectivity index (χ2v) is 6.35. The number of hydrogen-bond acceptors (Lipinski definition) is 3. The Labute approximate surface area is 130 Å². The average Bonchev–Trinajstić information content (AvgIpc) is 3.02. The van der Waals surface area contributed by atoms with Gasteiger partial charge in [-0.15, -0.1) is 0 Å². The summed E-state index contributed by atoms with van der Waals surface area (Å²) in [4.78, 5) is 23.5. The van der Waals surface area contributed by atoms with Crippen LogP contribution in [0.15, 0.2) is 24.3 Å². The fraction of sp³-hybridized carbons (Fsp3) is 0.529. The molecule has 0 aromatic heterocycles. The molecule has 1 aliphatic rings. The predicted octanol–water partition coefficient (Wildman–Crippen LogP) is 2.62. The van der Waals surface area contributed by atoms with E-state index < -0.39 is 23.2 Å². The van der Waals surface area contributed by atoms with Gasteiger partial charge in [-0.1, -0.05) is 26.0 Å². The maximum absolute atomic E-state index is 12.3. The molecule has 0 heterocycles. The highest BCUT2D eigenvalue weighted by Crippen LogP contribution is 2.58. The standard InChI is InChI=1S/C17H23NO4/c1-5-22-12-8-6-7-11(9-12)10(2)18-15(19)13-14(16(20)21)17(13,3)4/h6-10,13-14H,5H2,1-4H3,(H,18,19)(H,20,21)/t10?,13-,14+/m0/s1. The topological polar surface area (TPSA) is 75.6 Å². The number of carboxylic acid groups (broad SMARTS) is 1. The first-order chi connectivity index (χ1) is 10.3. The van der Waals surface area contributed by atoms with E-state index >= 15 is 0 Å². The van der Waals surface area contributed by atoms with E-state index in [0.717, 1.165) is 11.3 Å². The smallest absolute Gasteiger partial charge is 0.307 e. The third kappa shape index (κ3) is 3.08. The lowest BCUT2D eigenvalue weighted by Gasteiger charge is -2.16. The van der Waals surface area contributed by atoms with Crippen LogP contribution in [-0.4, -0.2) is 23.6 Å². The van der Waals surface area contributed by atoms with Crippen molar-refractivity contribution < 1.29 is 19.4 Å². The molecule has 5 nitrogen and oxygen atoms in total. The second-order valence-electron chi connectivity index (χ2n) is 6.35. The van der Waals surface area contributed by atoms with Crippen molar-refractivity contribution in [3.63, 3.8) is 0 Å². The number of amides is 1. The van der Waals surface area contributed by atoms with Crippen molar-refractivity contribution in [2.75, 3.05) is 6.61 Å². The van der Waals surface area contributed by atoms with Gasteiger partial charge in [0.25, 0.3) is 0 Å². The number of ether oxygens (including phenoxy) is 1. The maximum Gasteiger partial charge on any atom is 0.307 e. The van der Waals surface area contributed by atoms with Crippen LogP contribution in [0.2, 0.25) is 0 Å². The van der Waals surface area contributed by atoms with Crippen LogP contribution in [0.1, 0.15) is 39.3 Å². The van der Waals surface area contributed by atoms with Gasteiger partial charge in [-0.05, 0) is 37.0 Å². The van der Waals surface area contributed by atoms with Gasteiger partial charge in [-0.2, -0.15) is 0 Å². The molecule has 5 heteroatoms. The van der Waals surface area contributed by atoms with Gasteiger partial charge in [0, 0.05) is 0 Å². The highest BCUT2D eigenvalue weighted by Gasteiger charge is 2.65. The van der Waals surface area contributed by atoms with Crippen molar-refractivity contribution in [2.45, 2.75) is 33.7 Å². The van der Waals surface area contributed by atoms with Gasteiger partial charge < -0.3 is 15.2 Å². The zero-order chi connectivity index (χ0) is 16.5. The Morgan fingerprint density at radius 1 is 1.36 bits per heavy atom. The summed E-state index contributed by atoms with van der Waals surface area (Å²) >= 11 is 0. The number of hydrogen-bond donors (Lipinski definition) is 2. The molecule has 120 valence electrons. The summed E-state index contributed by atoms with van der Waals surface area (Å²) in [6.07, 6.45) is 0. The van der Waals surface area contributed by atoms with Crippen molar-refractivity contribution in [3.8, 4) is 5.75 Å². The van der Waals surface area contributed by atoms with E-state index in [4.69, 9.17) is 9.84 Å². The number of nitrogens with one attached hydrogen (secondary N) is 1. The summed E-state index contributed by atoms with van der Waals surface area (Å²) in [6.45, 7) is 8.01. The van der Waals surface area contributed by atoms with Crippen LogP contribution in [0.4, 0.5) is 0 Å². The summed E-state index contributed by atoms with van der Waals surface area (Å²) in [5.74, 6) is -1.42. The molecule has 3 atom stereocenters. The van der Waals surface area contributed by atoms with E-state index in [2.05, 4.69) is 5.32 Å². The van der Waals surface area contributed by atoms with E-state index in [9.17, 15) is 9.59 Å². The normalized spacial score (nSPS) is 23.5. The molecule has 1 unspecified atom stereocenters. The molecule has 1 amide bonds. The molecule has 0 saturated heterocycles. The zero-order valence-electron chi connectivity index (χ0n) is 13.4. The van der Waals surface area contributed by atoms with Crippen molar-refractivity contribution in [3.05, 3.63) is 29.8 Å². The first kappa shape index (κ1) is 16.3. The van der Waals surface area contributed by atoms with Gasteiger partial charge in [0.2, 0.25) is 5.91 Å². The fourth-order valence-corrected chi connectivity index (χ4v) is 3.01. The minimum Gasteiger partial charge on any atom is -0.494 e. The molecule has 1 fully saturated rings. The molecule has 1 saturated carbocycles. The molecule has 0 aliphatic heterocycles. The molecular formula is C17H23NO4. The molecule has 2 N–H and O–H groups in total. The first-order valence-electron chi connectivity index (χ1n) is 7.55. The lowest BCUT2D eigenvalue weighted by Crippen LogP contribution is -2.30. The second kappa shape index (κ2) is 5.99. The van der Waals surface area contributed by atoms with Crippen LogP contribution in [0, 0.1) is 17.3 Å². The van der Waals surface area contributed by atoms with E-state index in [-0.39, 0.29) is 11.9 Å². The van der Waals surface area contributed by atoms with Crippen LogP contribution in [-0.2, 0) is 9.59 Å². The monoisotopic (exact) mass is 305 g/mol. The molecule has 2 rings (SSSR count). The fourth-order valence-electron chi connectivity index (χ4n) is 3.01. The maximum atomic E-state index is 12.3. The van der Waals surface area contributed by atoms with Gasteiger partial charge in [-0.3, -0.25) is 9.59 Å². The Bertz CT molecular complexity index is 582. The molecule has 0 bridgehead atoms. The summed E-state index contributed by atoms with van der Waals surface area (Å²) in [5.41, 5.74) is 0.452. The molecule has 1 aromatic carbocycles. The van der Waals surface area contributed by atoms with Crippen molar-refractivity contribution in [2.24, 2.45) is 17.3 Å². The van der Waals surface area contributed by atoms with Crippen LogP contribution in [0.25, 0.3) is 0 Å². The Morgan fingerprint density at radius 2 is 2.05 bits per heavy atom. The van der Waals surface area contributed by atoms with E-state index in [1.165, 1.54) is 0 Å². The molecule has 1 aliphatic carbocycles. The molecule has 0 radical (unpaired) electrons. The predicted molar refractivity (Wildman–Crippen MR) is 82.6 cm³/mol. The summed E-state index contributed by atoms with van der Waals surface area (Å²) in [7, 11) is 0. The van der Waals surface area contributed by atoms with Crippen LogP contribution in [0.5, 0.6) is 5.75 Å². The minimum absolute atomic E-state index is 0.196. The minimum atomic E-state index is -0.906. The zero-order valence-corrected chi connectivity index (χ0v) is 13.4. The third-order valence-corrected chi connectivity index (χ3v) is 4.40. The molecule has 0 spiro atoms. The Hall–Kier alpha value is -2.04. The molecule has 22 heavy (non-hydrogen) atoms. The number of aliphatic carboxylic acids is 1. The van der Waals surface area contributed by atoms with Crippen molar-refractivity contribution >= 4 is 11.9 Å². The highest BCUT2D eigenvalue weighted by molar-refractivity contribution is 5.91. The number of carbonyl (C=O) groups is 2. The Morgan fingerprint density at radius 3 is 2.59 bits per heavy atom. The number of rotatable bonds is 6. The SMILES string of the molecule is CCOc1cccc(C(C)NC(=O)[C@@H]2[C@H](C(=O)O)C2(C)C)c1. The molecular weight excluding hydrogens is 282 g/mol. The lowest BCUT2D eigenvalue weighted by atomic mass is 10.1. The first-order valence-corrected chi connectivity index (χ1v) is 7.55. The van der Waals surface area contributed by atoms with Gasteiger partial charge in [0.05, 0.1) is 24.5 Å². The van der Waals surface area contributed by atoms with Crippen LogP contribution >= 0.6 is 0 Å². The largest absolute Gasteiger partial charge is 0.494 e. The van der Waals surface area contributed by atoms with E-state index in [1.807, 2.05) is 52.0 Å². The summed E-state index contributed by atoms with van der Waals surface area (Å²) in [5, 5.41) is 12.1. The highest BCUT2D eigenvalue weighted by atomic mass is 16.5. The van der Waals surface area contributed by atoms with Gasteiger partial charge in [0.15, 0.2) is 0 Å². The van der Waals surface area contributed by atoms with E-state index in [1.54, 1.807) is 0 Å². The Balaban J connectivity index is 2.03.